The number of rotatable bonds is 7. The topological polar surface area (TPSA) is 23.5 Å². The van der Waals surface area contributed by atoms with Gasteiger partial charge in [-0.1, -0.05) is 78.9 Å². The molecule has 134 valence electrons. The van der Waals surface area contributed by atoms with Crippen molar-refractivity contribution in [2.24, 2.45) is 0 Å². The molecule has 0 unspecified atom stereocenters. The maximum absolute atomic E-state index is 11.7. The Labute approximate surface area is 160 Å². The predicted molar refractivity (Wildman–Crippen MR) is 110 cm³/mol. The van der Waals surface area contributed by atoms with Crippen LogP contribution in [-0.4, -0.2) is 29.9 Å². The zero-order valence-electron chi connectivity index (χ0n) is 15.3. The second kappa shape index (κ2) is 8.54. The lowest BCUT2D eigenvalue weighted by Gasteiger charge is -2.29. The van der Waals surface area contributed by atoms with Gasteiger partial charge in [0, 0.05) is 17.2 Å². The van der Waals surface area contributed by atoms with Crippen molar-refractivity contribution in [2.75, 3.05) is 19.8 Å². The fourth-order valence-electron chi connectivity index (χ4n) is 3.06. The van der Waals surface area contributed by atoms with Gasteiger partial charge in [0.2, 0.25) is 0 Å². The molecule has 0 atom stereocenters. The average Bonchev–Trinajstić information content (AvgIpc) is 2.68. The van der Waals surface area contributed by atoms with Crippen LogP contribution in [-0.2, 0) is 12.1 Å². The summed E-state index contributed by atoms with van der Waals surface area (Å²) in [6.07, 6.45) is 0. The monoisotopic (exact) mass is 363 g/mol. The summed E-state index contributed by atoms with van der Waals surface area (Å²) in [4.78, 5) is 3.38. The van der Waals surface area contributed by atoms with Gasteiger partial charge >= 0.3 is 0 Å². The molecule has 0 saturated heterocycles. The Morgan fingerprint density at radius 2 is 1.27 bits per heavy atom. The number of hydrogen-bond acceptors (Lipinski definition) is 3. The quantitative estimate of drug-likeness (QED) is 0.611. The van der Waals surface area contributed by atoms with Gasteiger partial charge in [0.1, 0.15) is 5.60 Å². The van der Waals surface area contributed by atoms with E-state index in [0.29, 0.717) is 5.75 Å². The minimum absolute atomic E-state index is 0.561. The first-order valence-corrected chi connectivity index (χ1v) is 9.77. The Balaban J connectivity index is 1.91. The van der Waals surface area contributed by atoms with Crippen molar-refractivity contribution in [3.8, 4) is 0 Å². The van der Waals surface area contributed by atoms with E-state index < -0.39 is 5.60 Å². The second-order valence-corrected chi connectivity index (χ2v) is 7.74. The standard InChI is InChI=1S/C23H25NOS/c1-24(2)17-19-11-9-10-16-22(19)26-18-23(25,20-12-5-3-6-13-20)21-14-7-4-8-15-21/h3-16,25H,17-18H2,1-2H3. The largest absolute Gasteiger partial charge is 0.380 e. The van der Waals surface area contributed by atoms with Crippen molar-refractivity contribution >= 4 is 11.8 Å². The van der Waals surface area contributed by atoms with Crippen molar-refractivity contribution in [3.63, 3.8) is 0 Å². The zero-order valence-corrected chi connectivity index (χ0v) is 16.1. The summed E-state index contributed by atoms with van der Waals surface area (Å²) in [6, 6.07) is 28.3. The molecule has 2 nitrogen and oxygen atoms in total. The molecule has 0 aromatic heterocycles. The first-order chi connectivity index (χ1) is 12.6. The molecular weight excluding hydrogens is 338 g/mol. The maximum atomic E-state index is 11.7. The molecule has 3 aromatic carbocycles. The Morgan fingerprint density at radius 3 is 1.81 bits per heavy atom. The minimum atomic E-state index is -1.03. The third-order valence-electron chi connectivity index (χ3n) is 4.40. The Bertz CT molecular complexity index is 778. The van der Waals surface area contributed by atoms with E-state index in [0.717, 1.165) is 17.7 Å². The van der Waals surface area contributed by atoms with Crippen LogP contribution in [0.5, 0.6) is 0 Å². The fourth-order valence-corrected chi connectivity index (χ4v) is 4.25. The minimum Gasteiger partial charge on any atom is -0.380 e. The lowest BCUT2D eigenvalue weighted by atomic mass is 9.88. The summed E-state index contributed by atoms with van der Waals surface area (Å²) in [7, 11) is 4.15. The highest BCUT2D eigenvalue weighted by Gasteiger charge is 2.31. The van der Waals surface area contributed by atoms with Crippen LogP contribution in [0.25, 0.3) is 0 Å². The van der Waals surface area contributed by atoms with Gasteiger partial charge in [-0.2, -0.15) is 0 Å². The van der Waals surface area contributed by atoms with Crippen LogP contribution in [0.1, 0.15) is 16.7 Å². The summed E-state index contributed by atoms with van der Waals surface area (Å²) in [5, 5.41) is 11.7. The summed E-state index contributed by atoms with van der Waals surface area (Å²) in [5.41, 5.74) is 2.09. The summed E-state index contributed by atoms with van der Waals surface area (Å²) in [5.74, 6) is 0.561. The highest BCUT2D eigenvalue weighted by atomic mass is 32.2. The summed E-state index contributed by atoms with van der Waals surface area (Å²) in [6.45, 7) is 0.887. The van der Waals surface area contributed by atoms with Crippen molar-refractivity contribution < 1.29 is 5.11 Å². The van der Waals surface area contributed by atoms with E-state index >= 15 is 0 Å². The van der Waals surface area contributed by atoms with Gasteiger partial charge in [-0.3, -0.25) is 0 Å². The van der Waals surface area contributed by atoms with Crippen LogP contribution >= 0.6 is 11.8 Å². The van der Waals surface area contributed by atoms with Crippen LogP contribution < -0.4 is 0 Å². The molecule has 0 bridgehead atoms. The van der Waals surface area contributed by atoms with Crippen molar-refractivity contribution in [1.82, 2.24) is 4.90 Å². The van der Waals surface area contributed by atoms with Gasteiger partial charge in [-0.15, -0.1) is 11.8 Å². The SMILES string of the molecule is CN(C)Cc1ccccc1SCC(O)(c1ccccc1)c1ccccc1. The van der Waals surface area contributed by atoms with Crippen LogP contribution in [0.2, 0.25) is 0 Å². The molecule has 3 aromatic rings. The number of benzene rings is 3. The van der Waals surface area contributed by atoms with Crippen LogP contribution in [0.15, 0.2) is 89.8 Å². The third kappa shape index (κ3) is 4.36. The van der Waals surface area contributed by atoms with E-state index in [9.17, 15) is 5.11 Å². The number of thioether (sulfide) groups is 1. The van der Waals surface area contributed by atoms with Gasteiger partial charge in [-0.25, -0.2) is 0 Å². The molecule has 26 heavy (non-hydrogen) atoms. The molecule has 0 aliphatic heterocycles. The number of nitrogens with zero attached hydrogens (tertiary/aromatic N) is 1. The van der Waals surface area contributed by atoms with Crippen molar-refractivity contribution in [3.05, 3.63) is 102 Å². The van der Waals surface area contributed by atoms with E-state index in [-0.39, 0.29) is 0 Å². The highest BCUT2D eigenvalue weighted by molar-refractivity contribution is 7.99. The first-order valence-electron chi connectivity index (χ1n) is 8.78. The Kier molecular flexibility index (Phi) is 6.15. The Morgan fingerprint density at radius 1 is 0.769 bits per heavy atom. The second-order valence-electron chi connectivity index (χ2n) is 6.73. The van der Waals surface area contributed by atoms with Gasteiger partial charge in [-0.05, 0) is 36.9 Å². The lowest BCUT2D eigenvalue weighted by molar-refractivity contribution is 0.107. The molecule has 0 aliphatic carbocycles. The van der Waals surface area contributed by atoms with E-state index in [1.54, 1.807) is 11.8 Å². The van der Waals surface area contributed by atoms with Gasteiger partial charge in [0.05, 0.1) is 0 Å². The van der Waals surface area contributed by atoms with Crippen molar-refractivity contribution in [1.29, 1.82) is 0 Å². The van der Waals surface area contributed by atoms with Crippen molar-refractivity contribution in [2.45, 2.75) is 17.0 Å². The summed E-state index contributed by atoms with van der Waals surface area (Å²) < 4.78 is 0. The smallest absolute Gasteiger partial charge is 0.124 e. The fraction of sp³-hybridized carbons (Fsp3) is 0.217. The molecule has 0 aliphatic rings. The van der Waals surface area contributed by atoms with Crippen LogP contribution in [0.3, 0.4) is 0 Å². The maximum Gasteiger partial charge on any atom is 0.124 e. The number of aliphatic hydroxyl groups is 1. The average molecular weight is 364 g/mol. The third-order valence-corrected chi connectivity index (χ3v) is 5.67. The van der Waals surface area contributed by atoms with E-state index in [1.807, 2.05) is 60.7 Å². The normalized spacial score (nSPS) is 11.7. The molecular formula is C23H25NOS. The van der Waals surface area contributed by atoms with Gasteiger partial charge in [0.25, 0.3) is 0 Å². The van der Waals surface area contributed by atoms with Crippen LogP contribution in [0.4, 0.5) is 0 Å². The Hall–Kier alpha value is -2.07. The molecule has 0 fully saturated rings. The molecule has 1 N–H and O–H groups in total. The molecule has 3 heteroatoms. The van der Waals surface area contributed by atoms with E-state index in [4.69, 9.17) is 0 Å². The molecule has 3 rings (SSSR count). The summed E-state index contributed by atoms with van der Waals surface area (Å²) >= 11 is 1.71. The number of hydrogen-bond donors (Lipinski definition) is 1. The van der Waals surface area contributed by atoms with Crippen LogP contribution in [0, 0.1) is 0 Å². The molecule has 0 radical (unpaired) electrons. The zero-order chi connectivity index (χ0) is 18.4. The van der Waals surface area contributed by atoms with Gasteiger partial charge < -0.3 is 10.0 Å². The van der Waals surface area contributed by atoms with Gasteiger partial charge in [0.15, 0.2) is 0 Å². The first kappa shape index (κ1) is 18.7. The highest BCUT2D eigenvalue weighted by Crippen LogP contribution is 2.36. The molecule has 0 saturated carbocycles. The van der Waals surface area contributed by atoms with E-state index in [1.165, 1.54) is 10.5 Å². The predicted octanol–water partition coefficient (Wildman–Crippen LogP) is 4.78. The molecule has 0 heterocycles. The lowest BCUT2D eigenvalue weighted by Crippen LogP contribution is -2.30. The van der Waals surface area contributed by atoms with E-state index in [2.05, 4.69) is 43.3 Å². The molecule has 0 spiro atoms. The molecule has 0 amide bonds.